The molecule has 1 fully saturated rings. The Bertz CT molecular complexity index is 357. The van der Waals surface area contributed by atoms with Gasteiger partial charge in [0, 0.05) is 21.8 Å². The van der Waals surface area contributed by atoms with E-state index in [-0.39, 0.29) is 24.4 Å². The summed E-state index contributed by atoms with van der Waals surface area (Å²) in [6.07, 6.45) is 0.0880. The second-order valence-corrected chi connectivity index (χ2v) is 7.42. The van der Waals surface area contributed by atoms with Crippen molar-refractivity contribution >= 4 is 35.5 Å². The average Bonchev–Trinajstić information content (AvgIpc) is 2.33. The molecular formula is C13H20O4S2. The highest BCUT2D eigenvalue weighted by molar-refractivity contribution is 8.07. The molecule has 0 bridgehead atoms. The third-order valence-corrected chi connectivity index (χ3v) is 5.89. The van der Waals surface area contributed by atoms with E-state index in [1.54, 1.807) is 18.7 Å². The van der Waals surface area contributed by atoms with E-state index < -0.39 is 5.97 Å². The molecular weight excluding hydrogens is 284 g/mol. The van der Waals surface area contributed by atoms with E-state index in [1.807, 2.05) is 11.8 Å². The minimum absolute atomic E-state index is 0.0427. The van der Waals surface area contributed by atoms with E-state index in [9.17, 15) is 9.59 Å². The van der Waals surface area contributed by atoms with Crippen molar-refractivity contribution in [2.45, 2.75) is 43.1 Å². The summed E-state index contributed by atoms with van der Waals surface area (Å²) in [5, 5.41) is 1.05. The van der Waals surface area contributed by atoms with Crippen molar-refractivity contribution in [3.05, 3.63) is 12.2 Å². The summed E-state index contributed by atoms with van der Waals surface area (Å²) in [7, 11) is 0. The smallest absolute Gasteiger partial charge is 0.333 e. The summed E-state index contributed by atoms with van der Waals surface area (Å²) >= 11 is 3.50. The van der Waals surface area contributed by atoms with Crippen LogP contribution in [0.2, 0.25) is 0 Å². The normalized spacial score (nSPS) is 26.6. The lowest BCUT2D eigenvalue weighted by Crippen LogP contribution is -2.29. The van der Waals surface area contributed by atoms with Crippen LogP contribution < -0.4 is 0 Å². The van der Waals surface area contributed by atoms with E-state index in [0.717, 1.165) is 5.75 Å². The molecule has 0 N–H and O–H groups in total. The zero-order chi connectivity index (χ0) is 14.4. The fourth-order valence-corrected chi connectivity index (χ4v) is 4.01. The van der Waals surface area contributed by atoms with Crippen LogP contribution in [0.5, 0.6) is 0 Å². The van der Waals surface area contributed by atoms with Crippen LogP contribution in [0.3, 0.4) is 0 Å². The molecule has 3 unspecified atom stereocenters. The van der Waals surface area contributed by atoms with Crippen molar-refractivity contribution < 1.29 is 19.1 Å². The van der Waals surface area contributed by atoms with Crippen LogP contribution in [0.15, 0.2) is 12.2 Å². The van der Waals surface area contributed by atoms with Crippen LogP contribution in [0.25, 0.3) is 0 Å². The number of carbonyl (C=O) groups excluding carboxylic acids is 2. The fourth-order valence-electron chi connectivity index (χ4n) is 1.37. The number of esters is 2. The zero-order valence-electron chi connectivity index (χ0n) is 11.5. The van der Waals surface area contributed by atoms with Gasteiger partial charge < -0.3 is 9.47 Å². The Morgan fingerprint density at radius 3 is 2.58 bits per heavy atom. The van der Waals surface area contributed by atoms with Gasteiger partial charge in [0.25, 0.3) is 0 Å². The van der Waals surface area contributed by atoms with Crippen molar-refractivity contribution in [2.75, 3.05) is 12.4 Å². The van der Waals surface area contributed by atoms with Crippen molar-refractivity contribution in [1.82, 2.24) is 0 Å². The predicted octanol–water partition coefficient (Wildman–Crippen LogP) is 2.62. The Balaban J connectivity index is 2.21. The molecule has 1 aliphatic rings. The van der Waals surface area contributed by atoms with Crippen LogP contribution in [-0.4, -0.2) is 40.2 Å². The Kier molecular flexibility index (Phi) is 6.79. The van der Waals surface area contributed by atoms with Crippen molar-refractivity contribution in [3.8, 4) is 0 Å². The van der Waals surface area contributed by atoms with Crippen LogP contribution in [0.4, 0.5) is 0 Å². The van der Waals surface area contributed by atoms with Gasteiger partial charge in [0.15, 0.2) is 5.44 Å². The number of rotatable bonds is 5. The third kappa shape index (κ3) is 5.91. The molecule has 0 aromatic heterocycles. The molecule has 6 heteroatoms. The highest BCUT2D eigenvalue weighted by Gasteiger charge is 2.28. The number of thioether (sulfide) groups is 2. The Morgan fingerprint density at radius 1 is 1.32 bits per heavy atom. The number of hydrogen-bond acceptors (Lipinski definition) is 6. The van der Waals surface area contributed by atoms with E-state index in [4.69, 9.17) is 9.47 Å². The molecule has 0 aromatic rings. The maximum absolute atomic E-state index is 11.6. The Hall–Kier alpha value is -0.620. The zero-order valence-corrected chi connectivity index (χ0v) is 13.1. The van der Waals surface area contributed by atoms with Crippen LogP contribution in [0.1, 0.15) is 27.2 Å². The standard InChI is InChI=1S/C13H20O4S2/c1-8(2)13(15)16-6-5-11(14)17-12-7-18-9(3)10(4)19-12/h9-10,12H,1,5-7H2,2-4H3. The summed E-state index contributed by atoms with van der Waals surface area (Å²) in [6.45, 7) is 9.39. The minimum Gasteiger partial charge on any atom is -0.462 e. The SMILES string of the molecule is C=C(C)C(=O)OCCC(=O)OC1CSC(C)C(C)S1. The topological polar surface area (TPSA) is 52.6 Å². The van der Waals surface area contributed by atoms with Crippen LogP contribution >= 0.6 is 23.5 Å². The van der Waals surface area contributed by atoms with Gasteiger partial charge in [-0.05, 0) is 6.92 Å². The highest BCUT2D eigenvalue weighted by atomic mass is 32.2. The van der Waals surface area contributed by atoms with Gasteiger partial charge in [0.05, 0.1) is 6.42 Å². The van der Waals surface area contributed by atoms with Gasteiger partial charge in [0.1, 0.15) is 6.61 Å². The van der Waals surface area contributed by atoms with Gasteiger partial charge in [0.2, 0.25) is 0 Å². The molecule has 1 aliphatic heterocycles. The molecule has 4 nitrogen and oxygen atoms in total. The van der Waals surface area contributed by atoms with E-state index >= 15 is 0 Å². The molecule has 3 atom stereocenters. The first kappa shape index (κ1) is 16.4. The lowest BCUT2D eigenvalue weighted by molar-refractivity contribution is -0.148. The first-order chi connectivity index (χ1) is 8.90. The average molecular weight is 304 g/mol. The molecule has 1 heterocycles. The van der Waals surface area contributed by atoms with E-state index in [2.05, 4.69) is 20.4 Å². The maximum atomic E-state index is 11.6. The molecule has 108 valence electrons. The summed E-state index contributed by atoms with van der Waals surface area (Å²) in [6, 6.07) is 0. The molecule has 19 heavy (non-hydrogen) atoms. The van der Waals surface area contributed by atoms with Crippen LogP contribution in [-0.2, 0) is 19.1 Å². The molecule has 0 saturated carbocycles. The molecule has 0 spiro atoms. The molecule has 1 rings (SSSR count). The number of ether oxygens (including phenoxy) is 2. The highest BCUT2D eigenvalue weighted by Crippen LogP contribution is 2.36. The van der Waals surface area contributed by atoms with Gasteiger partial charge in [-0.1, -0.05) is 20.4 Å². The van der Waals surface area contributed by atoms with Gasteiger partial charge in [-0.3, -0.25) is 4.79 Å². The molecule has 0 amide bonds. The van der Waals surface area contributed by atoms with Gasteiger partial charge >= 0.3 is 11.9 Å². The largest absolute Gasteiger partial charge is 0.462 e. The second-order valence-electron chi connectivity index (χ2n) is 4.47. The number of carbonyl (C=O) groups is 2. The van der Waals surface area contributed by atoms with Gasteiger partial charge in [-0.15, -0.1) is 11.8 Å². The first-order valence-electron chi connectivity index (χ1n) is 6.19. The lowest BCUT2D eigenvalue weighted by atomic mass is 10.4. The summed E-state index contributed by atoms with van der Waals surface area (Å²) in [5.41, 5.74) is 0.232. The quantitative estimate of drug-likeness (QED) is 0.575. The van der Waals surface area contributed by atoms with E-state index in [1.165, 1.54) is 0 Å². The second kappa shape index (κ2) is 7.85. The van der Waals surface area contributed by atoms with Crippen molar-refractivity contribution in [1.29, 1.82) is 0 Å². The molecule has 0 radical (unpaired) electrons. The first-order valence-corrected chi connectivity index (χ1v) is 8.18. The summed E-state index contributed by atoms with van der Waals surface area (Å²) < 4.78 is 10.2. The predicted molar refractivity (Wildman–Crippen MR) is 79.2 cm³/mol. The fraction of sp³-hybridized carbons (Fsp3) is 0.692. The summed E-state index contributed by atoms with van der Waals surface area (Å²) in [5.74, 6) is 0.0141. The monoisotopic (exact) mass is 304 g/mol. The van der Waals surface area contributed by atoms with E-state index in [0.29, 0.717) is 16.1 Å². The molecule has 0 aromatic carbocycles. The van der Waals surface area contributed by atoms with Crippen molar-refractivity contribution in [3.63, 3.8) is 0 Å². The maximum Gasteiger partial charge on any atom is 0.333 e. The third-order valence-electron chi connectivity index (χ3n) is 2.67. The minimum atomic E-state index is -0.474. The summed E-state index contributed by atoms with van der Waals surface area (Å²) in [4.78, 5) is 22.7. The molecule has 0 aliphatic carbocycles. The van der Waals surface area contributed by atoms with Crippen molar-refractivity contribution in [2.24, 2.45) is 0 Å². The van der Waals surface area contributed by atoms with Gasteiger partial charge in [-0.25, -0.2) is 4.79 Å². The Labute approximate surface area is 122 Å². The Morgan fingerprint density at radius 2 is 2.00 bits per heavy atom. The van der Waals surface area contributed by atoms with Gasteiger partial charge in [-0.2, -0.15) is 11.8 Å². The molecule has 1 saturated heterocycles. The lowest BCUT2D eigenvalue weighted by Gasteiger charge is -2.30. The number of hydrogen-bond donors (Lipinski definition) is 0. The van der Waals surface area contributed by atoms with Crippen LogP contribution in [0, 0.1) is 0 Å².